The molecule has 0 aliphatic heterocycles. The Hall–Kier alpha value is -3.18. The van der Waals surface area contributed by atoms with Crippen LogP contribution in [0.4, 0.5) is 0 Å². The summed E-state index contributed by atoms with van der Waals surface area (Å²) in [7, 11) is 0. The summed E-state index contributed by atoms with van der Waals surface area (Å²) in [5.41, 5.74) is 10.9. The first-order chi connectivity index (χ1) is 24.2. The molecule has 0 atom stereocenters. The molecule has 1 radical (unpaired) electrons. The van der Waals surface area contributed by atoms with E-state index in [9.17, 15) is 9.90 Å². The standard InChI is InChI=1S/C30H29N2S.C17H32O2.Ir/c1-17-12-18(2)25(19(3)13-17)28-20(4)26-29(33-28)27(32-16-31-26)22-14-21-10-8-9-11-23(21)24(15-22)30(5,6)7;1-10(2)16(11(3)4)14(18)9-15(19)17(12(5)6)13(7)8;/h8-13,15-16H,1-7H3;9-13,16-18H,1-8H3;/q-1;;/b;14-9-;. The van der Waals surface area contributed by atoms with Crippen LogP contribution in [0.15, 0.2) is 60.6 Å². The maximum Gasteiger partial charge on any atom is 0.162 e. The summed E-state index contributed by atoms with van der Waals surface area (Å²) in [6.45, 7) is 32.2. The fourth-order valence-electron chi connectivity index (χ4n) is 8.19. The summed E-state index contributed by atoms with van der Waals surface area (Å²) in [4.78, 5) is 23.1. The van der Waals surface area contributed by atoms with E-state index >= 15 is 0 Å². The summed E-state index contributed by atoms with van der Waals surface area (Å²) in [6.07, 6.45) is 3.19. The molecule has 53 heavy (non-hydrogen) atoms. The molecule has 3 aromatic carbocycles. The van der Waals surface area contributed by atoms with E-state index in [1.165, 1.54) is 49.7 Å². The van der Waals surface area contributed by atoms with Crippen molar-refractivity contribution >= 4 is 38.1 Å². The predicted octanol–water partition coefficient (Wildman–Crippen LogP) is 13.4. The largest absolute Gasteiger partial charge is 0.512 e. The maximum atomic E-state index is 12.3. The van der Waals surface area contributed by atoms with Crippen LogP contribution in [-0.2, 0) is 30.3 Å². The number of benzene rings is 3. The third-order valence-electron chi connectivity index (χ3n) is 10.3. The van der Waals surface area contributed by atoms with Crippen molar-refractivity contribution in [3.05, 3.63) is 94.5 Å². The zero-order chi connectivity index (χ0) is 38.8. The third kappa shape index (κ3) is 9.93. The van der Waals surface area contributed by atoms with Crippen LogP contribution in [-0.4, -0.2) is 20.9 Å². The second-order valence-corrected chi connectivity index (χ2v) is 18.1. The van der Waals surface area contributed by atoms with Crippen molar-refractivity contribution < 1.29 is 30.0 Å². The van der Waals surface area contributed by atoms with Crippen molar-refractivity contribution in [3.63, 3.8) is 0 Å². The summed E-state index contributed by atoms with van der Waals surface area (Å²) in [5.74, 6) is 1.63. The minimum Gasteiger partial charge on any atom is -0.512 e. The van der Waals surface area contributed by atoms with Gasteiger partial charge in [0.15, 0.2) is 5.78 Å². The second-order valence-electron chi connectivity index (χ2n) is 17.1. The molecule has 0 aliphatic rings. The molecule has 0 saturated carbocycles. The summed E-state index contributed by atoms with van der Waals surface area (Å²) >= 11 is 1.81. The number of fused-ring (bicyclic) bond motifs is 2. The van der Waals surface area contributed by atoms with E-state index < -0.39 is 0 Å². The quantitative estimate of drug-likeness (QED) is 0.0909. The van der Waals surface area contributed by atoms with Gasteiger partial charge in [0.05, 0.1) is 11.3 Å². The molecular weight excluding hydrogens is 849 g/mol. The summed E-state index contributed by atoms with van der Waals surface area (Å²) in [5, 5.41) is 12.7. The Labute approximate surface area is 337 Å². The number of nitrogens with zero attached hydrogens (tertiary/aromatic N) is 2. The fraction of sp³-hybridized carbons (Fsp3) is 0.468. The van der Waals surface area contributed by atoms with E-state index in [1.807, 2.05) is 0 Å². The SMILES string of the molecule is CC(C)C(C(=O)/C=C(\O)C(C(C)C)C(C)C)C(C)C.Cc1cc(C)c(-c2sc3c(-c4[c-]c5ccccc5c(C(C)(C)C)c4)ncnc3c2C)c(C)c1.[Ir]. The third-order valence-corrected chi connectivity index (χ3v) is 11.6. The molecule has 5 rings (SSSR count). The Kier molecular flexibility index (Phi) is 15.0. The van der Waals surface area contributed by atoms with Crippen molar-refractivity contribution in [1.82, 2.24) is 9.97 Å². The van der Waals surface area contributed by atoms with Crippen LogP contribution in [0.25, 0.3) is 42.7 Å². The fourth-order valence-corrected chi connectivity index (χ4v) is 9.63. The van der Waals surface area contributed by atoms with E-state index in [0.29, 0.717) is 23.7 Å². The summed E-state index contributed by atoms with van der Waals surface area (Å²) in [6, 6.07) is 19.0. The Balaban J connectivity index is 0.000000327. The van der Waals surface area contributed by atoms with E-state index in [1.54, 1.807) is 17.7 Å². The number of allylic oxidation sites excluding steroid dienone is 2. The molecule has 0 unspecified atom stereocenters. The number of carbonyl (C=O) groups is 1. The van der Waals surface area contributed by atoms with E-state index in [2.05, 4.69) is 152 Å². The van der Waals surface area contributed by atoms with Gasteiger partial charge in [-0.25, -0.2) is 4.98 Å². The molecule has 2 heterocycles. The second kappa shape index (κ2) is 18.0. The molecule has 0 bridgehead atoms. The number of thiophene rings is 1. The van der Waals surface area contributed by atoms with Crippen LogP contribution in [0, 0.1) is 69.3 Å². The van der Waals surface area contributed by atoms with Crippen molar-refractivity contribution in [1.29, 1.82) is 0 Å². The van der Waals surface area contributed by atoms with Crippen molar-refractivity contribution in [2.75, 3.05) is 0 Å². The number of aryl methyl sites for hydroxylation is 4. The summed E-state index contributed by atoms with van der Waals surface area (Å²) < 4.78 is 1.13. The number of ketones is 1. The molecule has 0 saturated heterocycles. The first-order valence-corrected chi connectivity index (χ1v) is 19.8. The first-order valence-electron chi connectivity index (χ1n) is 19.0. The van der Waals surface area contributed by atoms with E-state index in [4.69, 9.17) is 9.97 Å². The molecule has 0 amide bonds. The molecule has 5 aromatic rings. The molecule has 2 aromatic heterocycles. The zero-order valence-corrected chi connectivity index (χ0v) is 37.9. The van der Waals surface area contributed by atoms with Gasteiger partial charge in [-0.2, -0.15) is 0 Å². The minimum absolute atomic E-state index is 0. The van der Waals surface area contributed by atoms with Crippen LogP contribution in [0.3, 0.4) is 0 Å². The van der Waals surface area contributed by atoms with Crippen molar-refractivity contribution in [2.24, 2.45) is 35.5 Å². The van der Waals surface area contributed by atoms with Gasteiger partial charge in [-0.15, -0.1) is 40.5 Å². The van der Waals surface area contributed by atoms with Gasteiger partial charge >= 0.3 is 0 Å². The molecular formula is C47H61IrN2O2S-. The van der Waals surface area contributed by atoms with Gasteiger partial charge in [-0.3, -0.25) is 9.78 Å². The van der Waals surface area contributed by atoms with Crippen molar-refractivity contribution in [3.8, 4) is 21.7 Å². The van der Waals surface area contributed by atoms with Gasteiger partial charge in [-0.05, 0) is 79.0 Å². The molecule has 0 fully saturated rings. The number of carbonyl (C=O) groups excluding carboxylic acids is 1. The van der Waals surface area contributed by atoms with Gasteiger partial charge in [0.25, 0.3) is 0 Å². The number of hydrogen-bond acceptors (Lipinski definition) is 5. The molecule has 4 nitrogen and oxygen atoms in total. The van der Waals surface area contributed by atoms with Crippen LogP contribution in [0.5, 0.6) is 0 Å². The van der Waals surface area contributed by atoms with Crippen LogP contribution in [0.1, 0.15) is 104 Å². The molecule has 1 N–H and O–H groups in total. The Morgan fingerprint density at radius 3 is 1.89 bits per heavy atom. The number of aromatic nitrogens is 2. The maximum absolute atomic E-state index is 12.3. The van der Waals surface area contributed by atoms with Gasteiger partial charge < -0.3 is 5.11 Å². The van der Waals surface area contributed by atoms with Crippen LogP contribution in [0.2, 0.25) is 0 Å². The topological polar surface area (TPSA) is 63.1 Å². The number of aliphatic hydroxyl groups excluding tert-OH is 1. The zero-order valence-electron chi connectivity index (χ0n) is 34.7. The van der Waals surface area contributed by atoms with Gasteiger partial charge in [0.2, 0.25) is 0 Å². The normalized spacial score (nSPS) is 12.4. The number of aliphatic hydroxyl groups is 1. The molecule has 0 aliphatic carbocycles. The average molecular weight is 910 g/mol. The molecule has 0 spiro atoms. The monoisotopic (exact) mass is 910 g/mol. The Morgan fingerprint density at radius 2 is 1.36 bits per heavy atom. The molecule has 6 heteroatoms. The van der Waals surface area contributed by atoms with Gasteiger partial charge in [0, 0.05) is 53.3 Å². The smallest absolute Gasteiger partial charge is 0.162 e. The Bertz CT molecular complexity index is 2040. The van der Waals surface area contributed by atoms with Gasteiger partial charge in [-0.1, -0.05) is 123 Å². The number of hydrogen-bond donors (Lipinski definition) is 1. The van der Waals surface area contributed by atoms with Gasteiger partial charge in [0.1, 0.15) is 6.33 Å². The van der Waals surface area contributed by atoms with E-state index in [-0.39, 0.29) is 48.9 Å². The van der Waals surface area contributed by atoms with Crippen LogP contribution >= 0.6 is 11.3 Å². The molecule has 287 valence electrons. The number of rotatable bonds is 9. The van der Waals surface area contributed by atoms with E-state index in [0.717, 1.165) is 26.9 Å². The first kappa shape index (κ1) is 44.2. The average Bonchev–Trinajstić information content (AvgIpc) is 3.34. The predicted molar refractivity (Wildman–Crippen MR) is 224 cm³/mol. The van der Waals surface area contributed by atoms with Crippen LogP contribution < -0.4 is 0 Å². The minimum atomic E-state index is -0.0119. The Morgan fingerprint density at radius 1 is 0.811 bits per heavy atom. The van der Waals surface area contributed by atoms with Crippen molar-refractivity contribution in [2.45, 2.75) is 109 Å².